The van der Waals surface area contributed by atoms with Crippen molar-refractivity contribution in [1.82, 2.24) is 0 Å². The summed E-state index contributed by atoms with van der Waals surface area (Å²) in [6.07, 6.45) is 0.545. The molecule has 2 rings (SSSR count). The number of benzene rings is 2. The van der Waals surface area contributed by atoms with Gasteiger partial charge >= 0.3 is 0 Å². The Balaban J connectivity index is 1.97. The minimum Gasteiger partial charge on any atom is -0.388 e. The van der Waals surface area contributed by atoms with Crippen LogP contribution in [0, 0.1) is 5.82 Å². The molecule has 0 radical (unpaired) electrons. The van der Waals surface area contributed by atoms with Gasteiger partial charge in [0.1, 0.15) is 5.82 Å². The predicted octanol–water partition coefficient (Wildman–Crippen LogP) is 3.49. The van der Waals surface area contributed by atoms with Gasteiger partial charge in [-0.05, 0) is 30.0 Å². The van der Waals surface area contributed by atoms with Gasteiger partial charge in [0, 0.05) is 0 Å². The van der Waals surface area contributed by atoms with Gasteiger partial charge in [-0.15, -0.1) is 0 Å². The molecule has 1 nitrogen and oxygen atoms in total. The van der Waals surface area contributed by atoms with Crippen LogP contribution in [-0.2, 0) is 6.42 Å². The van der Waals surface area contributed by atoms with Crippen LogP contribution in [0.1, 0.15) is 23.7 Å². The van der Waals surface area contributed by atoms with Crippen LogP contribution in [0.3, 0.4) is 0 Å². The summed E-state index contributed by atoms with van der Waals surface area (Å²) in [6, 6.07) is 16.1. The van der Waals surface area contributed by atoms with E-state index in [9.17, 15) is 9.50 Å². The van der Waals surface area contributed by atoms with Crippen molar-refractivity contribution in [3.8, 4) is 0 Å². The van der Waals surface area contributed by atoms with Crippen LogP contribution in [0.5, 0.6) is 0 Å². The summed E-state index contributed by atoms with van der Waals surface area (Å²) < 4.78 is 13.4. The maximum absolute atomic E-state index is 13.4. The summed E-state index contributed by atoms with van der Waals surface area (Å²) in [7, 11) is 0. The smallest absolute Gasteiger partial charge is 0.126 e. The lowest BCUT2D eigenvalue weighted by atomic mass is 10.0. The third kappa shape index (κ3) is 3.14. The van der Waals surface area contributed by atoms with E-state index in [2.05, 4.69) is 0 Å². The standard InChI is InChI=1S/C15H15FO/c16-14-9-5-4-6-12(14)10-11-15(17)13-7-2-1-3-8-13/h1-9,15,17H,10-11H2/t15-/m1/s1. The Bertz CT molecular complexity index is 467. The molecular formula is C15H15FO. The van der Waals surface area contributed by atoms with Gasteiger partial charge < -0.3 is 5.11 Å². The third-order valence-electron chi connectivity index (χ3n) is 2.83. The molecule has 0 saturated carbocycles. The lowest BCUT2D eigenvalue weighted by molar-refractivity contribution is 0.167. The number of rotatable bonds is 4. The summed E-state index contributed by atoms with van der Waals surface area (Å²) in [4.78, 5) is 0. The molecule has 1 N–H and O–H groups in total. The molecule has 0 aliphatic carbocycles. The van der Waals surface area contributed by atoms with Crippen molar-refractivity contribution >= 4 is 0 Å². The minimum atomic E-state index is -0.532. The molecule has 0 amide bonds. The Kier molecular flexibility index (Phi) is 3.89. The van der Waals surface area contributed by atoms with Crippen LogP contribution in [0.15, 0.2) is 54.6 Å². The Morgan fingerprint density at radius 2 is 1.59 bits per heavy atom. The molecule has 88 valence electrons. The molecule has 0 aliphatic heterocycles. The van der Waals surface area contributed by atoms with E-state index in [0.29, 0.717) is 18.4 Å². The highest BCUT2D eigenvalue weighted by molar-refractivity contribution is 5.20. The molecule has 2 aromatic rings. The highest BCUT2D eigenvalue weighted by atomic mass is 19.1. The zero-order chi connectivity index (χ0) is 12.1. The van der Waals surface area contributed by atoms with Crippen molar-refractivity contribution in [2.75, 3.05) is 0 Å². The Hall–Kier alpha value is -1.67. The van der Waals surface area contributed by atoms with Gasteiger partial charge in [0.05, 0.1) is 6.10 Å². The summed E-state index contributed by atoms with van der Waals surface area (Å²) in [5.74, 6) is -0.201. The lowest BCUT2D eigenvalue weighted by Gasteiger charge is -2.11. The molecule has 0 bridgehead atoms. The van der Waals surface area contributed by atoms with Crippen molar-refractivity contribution < 1.29 is 9.50 Å². The van der Waals surface area contributed by atoms with Crippen molar-refractivity contribution in [3.63, 3.8) is 0 Å². The van der Waals surface area contributed by atoms with Gasteiger partial charge in [0.15, 0.2) is 0 Å². The first-order chi connectivity index (χ1) is 8.27. The highest BCUT2D eigenvalue weighted by Crippen LogP contribution is 2.19. The first-order valence-corrected chi connectivity index (χ1v) is 5.74. The number of aliphatic hydroxyl groups is 1. The minimum absolute atomic E-state index is 0.201. The number of aliphatic hydroxyl groups excluding tert-OH is 1. The van der Waals surface area contributed by atoms with E-state index in [0.717, 1.165) is 5.56 Å². The number of halogens is 1. The van der Waals surface area contributed by atoms with Crippen molar-refractivity contribution in [2.45, 2.75) is 18.9 Å². The van der Waals surface area contributed by atoms with Crippen LogP contribution in [-0.4, -0.2) is 5.11 Å². The summed E-state index contributed by atoms with van der Waals surface area (Å²) in [5.41, 5.74) is 1.53. The predicted molar refractivity (Wildman–Crippen MR) is 66.1 cm³/mol. The maximum Gasteiger partial charge on any atom is 0.126 e. The first-order valence-electron chi connectivity index (χ1n) is 5.74. The molecule has 0 unspecified atom stereocenters. The summed E-state index contributed by atoms with van der Waals surface area (Å²) >= 11 is 0. The molecular weight excluding hydrogens is 215 g/mol. The van der Waals surface area contributed by atoms with Crippen LogP contribution in [0.2, 0.25) is 0 Å². The molecule has 2 aromatic carbocycles. The fourth-order valence-corrected chi connectivity index (χ4v) is 1.84. The van der Waals surface area contributed by atoms with E-state index in [1.807, 2.05) is 36.4 Å². The van der Waals surface area contributed by atoms with Gasteiger partial charge in [0.25, 0.3) is 0 Å². The topological polar surface area (TPSA) is 20.2 Å². The number of hydrogen-bond acceptors (Lipinski definition) is 1. The third-order valence-corrected chi connectivity index (χ3v) is 2.83. The second-order valence-electron chi connectivity index (χ2n) is 4.06. The number of aryl methyl sites for hydroxylation is 1. The molecule has 0 aliphatic rings. The van der Waals surface area contributed by atoms with E-state index in [4.69, 9.17) is 0 Å². The summed E-state index contributed by atoms with van der Waals surface area (Å²) in [6.45, 7) is 0. The van der Waals surface area contributed by atoms with Crippen molar-refractivity contribution in [1.29, 1.82) is 0 Å². The monoisotopic (exact) mass is 230 g/mol. The second-order valence-corrected chi connectivity index (χ2v) is 4.06. The normalized spacial score (nSPS) is 12.4. The van der Waals surface area contributed by atoms with Gasteiger partial charge in [-0.2, -0.15) is 0 Å². The van der Waals surface area contributed by atoms with E-state index >= 15 is 0 Å². The Morgan fingerprint density at radius 3 is 2.29 bits per heavy atom. The first kappa shape index (κ1) is 11.8. The molecule has 2 heteroatoms. The molecule has 0 heterocycles. The molecule has 1 atom stereocenters. The van der Waals surface area contributed by atoms with E-state index < -0.39 is 6.10 Å². The average Bonchev–Trinajstić information content (AvgIpc) is 2.38. The lowest BCUT2D eigenvalue weighted by Crippen LogP contribution is -2.00. The highest BCUT2D eigenvalue weighted by Gasteiger charge is 2.08. The van der Waals surface area contributed by atoms with E-state index in [-0.39, 0.29) is 5.82 Å². The fraction of sp³-hybridized carbons (Fsp3) is 0.200. The van der Waals surface area contributed by atoms with Crippen LogP contribution in [0.25, 0.3) is 0 Å². The molecule has 0 fully saturated rings. The molecule has 0 saturated heterocycles. The van der Waals surface area contributed by atoms with Gasteiger partial charge in [-0.1, -0.05) is 48.5 Å². The number of hydrogen-bond donors (Lipinski definition) is 1. The quantitative estimate of drug-likeness (QED) is 0.852. The SMILES string of the molecule is O[C@H](CCc1ccccc1F)c1ccccc1. The van der Waals surface area contributed by atoms with Crippen LogP contribution >= 0.6 is 0 Å². The molecule has 0 aromatic heterocycles. The maximum atomic E-state index is 13.4. The van der Waals surface area contributed by atoms with E-state index in [1.54, 1.807) is 12.1 Å². The van der Waals surface area contributed by atoms with Crippen molar-refractivity contribution in [3.05, 3.63) is 71.5 Å². The van der Waals surface area contributed by atoms with E-state index in [1.165, 1.54) is 6.07 Å². The zero-order valence-corrected chi connectivity index (χ0v) is 9.51. The fourth-order valence-electron chi connectivity index (χ4n) is 1.84. The average molecular weight is 230 g/mol. The van der Waals surface area contributed by atoms with Crippen LogP contribution in [0.4, 0.5) is 4.39 Å². The molecule has 0 spiro atoms. The summed E-state index contributed by atoms with van der Waals surface area (Å²) in [5, 5.41) is 9.95. The van der Waals surface area contributed by atoms with Gasteiger partial charge in [-0.25, -0.2) is 4.39 Å². The molecule has 17 heavy (non-hydrogen) atoms. The second kappa shape index (κ2) is 5.60. The van der Waals surface area contributed by atoms with Gasteiger partial charge in [0.2, 0.25) is 0 Å². The van der Waals surface area contributed by atoms with Crippen molar-refractivity contribution in [2.24, 2.45) is 0 Å². The Labute approximate surface area is 101 Å². The Morgan fingerprint density at radius 1 is 0.941 bits per heavy atom. The zero-order valence-electron chi connectivity index (χ0n) is 9.51. The largest absolute Gasteiger partial charge is 0.388 e. The van der Waals surface area contributed by atoms with Gasteiger partial charge in [-0.3, -0.25) is 0 Å². The van der Waals surface area contributed by atoms with Crippen LogP contribution < -0.4 is 0 Å².